The Balaban J connectivity index is 2.50. The second-order valence-corrected chi connectivity index (χ2v) is 6.30. The molecule has 1 aromatic carbocycles. The summed E-state index contributed by atoms with van der Waals surface area (Å²) in [6.45, 7) is 6.19. The molecule has 0 fully saturated rings. The average molecular weight is 310 g/mol. The zero-order valence-electron chi connectivity index (χ0n) is 12.5. The summed E-state index contributed by atoms with van der Waals surface area (Å²) in [6.07, 6.45) is 0. The lowest BCUT2D eigenvalue weighted by atomic mass is 9.99. The van der Waals surface area contributed by atoms with Crippen LogP contribution in [0.25, 0.3) is 0 Å². The maximum atomic E-state index is 6.42. The number of methoxy groups -OCH3 is 1. The Morgan fingerprint density at radius 3 is 2.15 bits per heavy atom. The first-order chi connectivity index (χ1) is 9.49. The van der Waals surface area contributed by atoms with Crippen LogP contribution in [-0.2, 0) is 0 Å². The van der Waals surface area contributed by atoms with Gasteiger partial charge in [-0.1, -0.05) is 23.7 Å². The molecule has 0 radical (unpaired) electrons. The molecule has 0 bridgehead atoms. The maximum Gasteiger partial charge on any atom is 0.124 e. The third kappa shape index (κ3) is 2.71. The zero-order chi connectivity index (χ0) is 14.9. The summed E-state index contributed by atoms with van der Waals surface area (Å²) in [5.41, 5.74) is 4.64. The van der Waals surface area contributed by atoms with Crippen LogP contribution < -0.4 is 10.1 Å². The van der Waals surface area contributed by atoms with Crippen molar-refractivity contribution in [3.05, 3.63) is 49.7 Å². The van der Waals surface area contributed by atoms with E-state index < -0.39 is 0 Å². The van der Waals surface area contributed by atoms with Gasteiger partial charge in [0, 0.05) is 4.88 Å². The molecule has 0 spiro atoms. The maximum absolute atomic E-state index is 6.42. The minimum absolute atomic E-state index is 0.115. The Morgan fingerprint density at radius 1 is 1.15 bits per heavy atom. The van der Waals surface area contributed by atoms with Crippen LogP contribution in [0.4, 0.5) is 0 Å². The van der Waals surface area contributed by atoms with Crippen LogP contribution in [0.2, 0.25) is 5.02 Å². The number of halogens is 1. The van der Waals surface area contributed by atoms with Crippen LogP contribution in [0.15, 0.2) is 17.5 Å². The number of benzene rings is 1. The van der Waals surface area contributed by atoms with E-state index in [1.807, 2.05) is 14.0 Å². The van der Waals surface area contributed by atoms with E-state index in [4.69, 9.17) is 16.3 Å². The van der Waals surface area contributed by atoms with Crippen molar-refractivity contribution in [1.29, 1.82) is 0 Å². The fraction of sp³-hybridized carbons (Fsp3) is 0.375. The third-order valence-electron chi connectivity index (χ3n) is 3.50. The van der Waals surface area contributed by atoms with Gasteiger partial charge in [0.2, 0.25) is 0 Å². The lowest BCUT2D eigenvalue weighted by Crippen LogP contribution is -2.17. The van der Waals surface area contributed by atoms with E-state index in [-0.39, 0.29) is 6.04 Å². The minimum Gasteiger partial charge on any atom is -0.496 e. The molecule has 2 aromatic rings. The number of rotatable bonds is 4. The summed E-state index contributed by atoms with van der Waals surface area (Å²) in [4.78, 5) is 1.16. The van der Waals surface area contributed by atoms with Gasteiger partial charge in [-0.3, -0.25) is 0 Å². The summed E-state index contributed by atoms with van der Waals surface area (Å²) < 4.78 is 5.43. The van der Waals surface area contributed by atoms with Crippen molar-refractivity contribution in [1.82, 2.24) is 5.32 Å². The standard InChI is InChI=1S/C16H20ClNOS/c1-9-6-12(7-10(2)15(9)19-5)14(18-4)16-13(17)11(3)8-20-16/h6-8,14,18H,1-5H3. The molecule has 2 rings (SSSR count). The molecular weight excluding hydrogens is 290 g/mol. The van der Waals surface area contributed by atoms with Gasteiger partial charge in [-0.05, 0) is 55.5 Å². The monoisotopic (exact) mass is 309 g/mol. The molecule has 1 unspecified atom stereocenters. The van der Waals surface area contributed by atoms with E-state index in [0.717, 1.165) is 32.3 Å². The molecule has 1 aromatic heterocycles. The summed E-state index contributed by atoms with van der Waals surface area (Å²) in [5.74, 6) is 0.956. The van der Waals surface area contributed by atoms with Crippen molar-refractivity contribution in [2.45, 2.75) is 26.8 Å². The van der Waals surface area contributed by atoms with Crippen LogP contribution in [0, 0.1) is 20.8 Å². The molecule has 0 saturated carbocycles. The molecule has 2 nitrogen and oxygen atoms in total. The highest BCUT2D eigenvalue weighted by atomic mass is 35.5. The van der Waals surface area contributed by atoms with E-state index >= 15 is 0 Å². The predicted molar refractivity (Wildman–Crippen MR) is 87.4 cm³/mol. The number of ether oxygens (including phenoxy) is 1. The number of nitrogens with one attached hydrogen (secondary N) is 1. The molecule has 0 amide bonds. The van der Waals surface area contributed by atoms with Crippen LogP contribution >= 0.6 is 22.9 Å². The molecule has 108 valence electrons. The SMILES string of the molecule is CNC(c1cc(C)c(OC)c(C)c1)c1scc(C)c1Cl. The normalized spacial score (nSPS) is 12.5. The van der Waals surface area contributed by atoms with Gasteiger partial charge in [0.15, 0.2) is 0 Å². The predicted octanol–water partition coefficient (Wildman–Crippen LogP) is 4.64. The molecule has 4 heteroatoms. The van der Waals surface area contributed by atoms with E-state index in [9.17, 15) is 0 Å². The van der Waals surface area contributed by atoms with E-state index in [1.165, 1.54) is 5.56 Å². The van der Waals surface area contributed by atoms with Crippen molar-refractivity contribution >= 4 is 22.9 Å². The molecule has 1 N–H and O–H groups in total. The smallest absolute Gasteiger partial charge is 0.124 e. The Labute approximate surface area is 129 Å². The van der Waals surface area contributed by atoms with Gasteiger partial charge in [0.25, 0.3) is 0 Å². The largest absolute Gasteiger partial charge is 0.496 e. The number of aryl methyl sites for hydroxylation is 3. The first-order valence-corrected chi connectivity index (χ1v) is 7.81. The molecule has 0 aliphatic heterocycles. The highest BCUT2D eigenvalue weighted by Crippen LogP contribution is 2.37. The molecule has 1 heterocycles. The fourth-order valence-corrected chi connectivity index (χ4v) is 4.00. The molecule has 20 heavy (non-hydrogen) atoms. The van der Waals surface area contributed by atoms with E-state index in [0.29, 0.717) is 0 Å². The molecular formula is C16H20ClNOS. The summed E-state index contributed by atoms with van der Waals surface area (Å²) >= 11 is 8.12. The summed E-state index contributed by atoms with van der Waals surface area (Å²) in [5, 5.41) is 6.33. The van der Waals surface area contributed by atoms with Crippen molar-refractivity contribution in [3.63, 3.8) is 0 Å². The van der Waals surface area contributed by atoms with Gasteiger partial charge >= 0.3 is 0 Å². The third-order valence-corrected chi connectivity index (χ3v) is 5.28. The summed E-state index contributed by atoms with van der Waals surface area (Å²) in [6, 6.07) is 4.45. The van der Waals surface area contributed by atoms with Gasteiger partial charge in [-0.25, -0.2) is 0 Å². The Hall–Kier alpha value is -1.03. The Morgan fingerprint density at radius 2 is 1.75 bits per heavy atom. The number of hydrogen-bond donors (Lipinski definition) is 1. The zero-order valence-corrected chi connectivity index (χ0v) is 14.1. The van der Waals surface area contributed by atoms with Gasteiger partial charge in [-0.2, -0.15) is 0 Å². The van der Waals surface area contributed by atoms with Crippen molar-refractivity contribution in [2.75, 3.05) is 14.2 Å². The first-order valence-electron chi connectivity index (χ1n) is 6.55. The van der Waals surface area contributed by atoms with Gasteiger partial charge < -0.3 is 10.1 Å². The summed E-state index contributed by atoms with van der Waals surface area (Å²) in [7, 11) is 3.68. The minimum atomic E-state index is 0.115. The molecule has 1 atom stereocenters. The second kappa shape index (κ2) is 6.17. The fourth-order valence-electron chi connectivity index (χ4n) is 2.57. The molecule has 0 saturated heterocycles. The lowest BCUT2D eigenvalue weighted by Gasteiger charge is -2.19. The molecule has 0 aliphatic carbocycles. The number of thiophene rings is 1. The van der Waals surface area contributed by atoms with Gasteiger partial charge in [0.1, 0.15) is 5.75 Å². The van der Waals surface area contributed by atoms with Crippen molar-refractivity contribution < 1.29 is 4.74 Å². The lowest BCUT2D eigenvalue weighted by molar-refractivity contribution is 0.408. The topological polar surface area (TPSA) is 21.3 Å². The molecule has 0 aliphatic rings. The van der Waals surface area contributed by atoms with E-state index in [1.54, 1.807) is 18.4 Å². The highest BCUT2D eigenvalue weighted by Gasteiger charge is 2.20. The van der Waals surface area contributed by atoms with Gasteiger partial charge in [0.05, 0.1) is 18.2 Å². The Bertz CT molecular complexity index is 598. The Kier molecular flexibility index (Phi) is 4.74. The average Bonchev–Trinajstić information content (AvgIpc) is 2.72. The first kappa shape index (κ1) is 15.4. The van der Waals surface area contributed by atoms with Crippen LogP contribution in [-0.4, -0.2) is 14.2 Å². The quantitative estimate of drug-likeness (QED) is 0.888. The van der Waals surface area contributed by atoms with E-state index in [2.05, 4.69) is 36.7 Å². The van der Waals surface area contributed by atoms with Crippen LogP contribution in [0.5, 0.6) is 5.75 Å². The van der Waals surface area contributed by atoms with Crippen LogP contribution in [0.3, 0.4) is 0 Å². The van der Waals surface area contributed by atoms with Crippen molar-refractivity contribution in [3.8, 4) is 5.75 Å². The second-order valence-electron chi connectivity index (χ2n) is 5.01. The van der Waals surface area contributed by atoms with Crippen LogP contribution in [0.1, 0.15) is 33.2 Å². The van der Waals surface area contributed by atoms with Crippen molar-refractivity contribution in [2.24, 2.45) is 0 Å². The highest BCUT2D eigenvalue weighted by molar-refractivity contribution is 7.10. The number of hydrogen-bond acceptors (Lipinski definition) is 3. The van der Waals surface area contributed by atoms with Gasteiger partial charge in [-0.15, -0.1) is 11.3 Å².